The molecular weight excluding hydrogens is 266 g/mol. The lowest BCUT2D eigenvalue weighted by molar-refractivity contribution is 0.629. The van der Waals surface area contributed by atoms with Crippen LogP contribution in [0.5, 0.6) is 0 Å². The Balaban J connectivity index is 2.46. The quantitative estimate of drug-likeness (QED) is 0.838. The second kappa shape index (κ2) is 6.43. The first kappa shape index (κ1) is 15.1. The lowest BCUT2D eigenvalue weighted by Gasteiger charge is -2.21. The van der Waals surface area contributed by atoms with Crippen LogP contribution in [-0.2, 0) is 0 Å². The number of hydrogen-bond donors (Lipinski definition) is 1. The Morgan fingerprint density at radius 1 is 0.950 bits per heavy atom. The topological polar surface area (TPSA) is 12.0 Å². The fourth-order valence-corrected chi connectivity index (χ4v) is 2.77. The molecule has 0 aliphatic rings. The Kier molecular flexibility index (Phi) is 4.85. The van der Waals surface area contributed by atoms with Crippen LogP contribution in [0.3, 0.4) is 0 Å². The van der Waals surface area contributed by atoms with Crippen molar-refractivity contribution in [1.29, 1.82) is 0 Å². The number of halogens is 1. The molecular formula is C18H22ClN. The number of benzene rings is 2. The Hall–Kier alpha value is -1.31. The second-order valence-corrected chi connectivity index (χ2v) is 5.83. The van der Waals surface area contributed by atoms with Gasteiger partial charge in [-0.1, -0.05) is 60.0 Å². The van der Waals surface area contributed by atoms with Crippen LogP contribution < -0.4 is 5.32 Å². The van der Waals surface area contributed by atoms with E-state index < -0.39 is 0 Å². The molecule has 0 bridgehead atoms. The molecule has 20 heavy (non-hydrogen) atoms. The maximum absolute atomic E-state index is 6.14. The summed E-state index contributed by atoms with van der Waals surface area (Å²) in [6, 6.07) is 13.2. The number of nitrogens with one attached hydrogen (secondary N) is 1. The zero-order valence-electron chi connectivity index (χ0n) is 12.6. The molecule has 1 atom stereocenters. The molecule has 1 N–H and O–H groups in total. The van der Waals surface area contributed by atoms with Crippen LogP contribution in [0.4, 0.5) is 0 Å². The van der Waals surface area contributed by atoms with E-state index in [4.69, 9.17) is 11.6 Å². The maximum atomic E-state index is 6.14. The smallest absolute Gasteiger partial charge is 0.0576 e. The summed E-state index contributed by atoms with van der Waals surface area (Å²) in [6.45, 7) is 9.41. The van der Waals surface area contributed by atoms with Crippen LogP contribution in [0.2, 0.25) is 5.02 Å². The molecule has 0 amide bonds. The third-order valence-corrected chi connectivity index (χ3v) is 3.93. The minimum atomic E-state index is 0.217. The van der Waals surface area contributed by atoms with E-state index in [1.54, 1.807) is 0 Å². The predicted molar refractivity (Wildman–Crippen MR) is 87.6 cm³/mol. The summed E-state index contributed by atoms with van der Waals surface area (Å²) in [7, 11) is 0. The maximum Gasteiger partial charge on any atom is 0.0576 e. The van der Waals surface area contributed by atoms with Gasteiger partial charge in [-0.15, -0.1) is 0 Å². The highest BCUT2D eigenvalue weighted by Crippen LogP contribution is 2.27. The van der Waals surface area contributed by atoms with Gasteiger partial charge in [-0.2, -0.15) is 0 Å². The molecule has 2 rings (SSSR count). The highest BCUT2D eigenvalue weighted by atomic mass is 35.5. The minimum Gasteiger partial charge on any atom is -0.307 e. The van der Waals surface area contributed by atoms with Gasteiger partial charge in [-0.3, -0.25) is 0 Å². The van der Waals surface area contributed by atoms with Crippen LogP contribution in [0.15, 0.2) is 36.4 Å². The van der Waals surface area contributed by atoms with Gasteiger partial charge in [0.1, 0.15) is 0 Å². The van der Waals surface area contributed by atoms with Gasteiger partial charge >= 0.3 is 0 Å². The van der Waals surface area contributed by atoms with Gasteiger partial charge < -0.3 is 5.32 Å². The molecule has 0 fully saturated rings. The summed E-state index contributed by atoms with van der Waals surface area (Å²) in [5.74, 6) is 0. The number of rotatable bonds is 4. The molecule has 0 aliphatic carbocycles. The van der Waals surface area contributed by atoms with Gasteiger partial charge in [0.2, 0.25) is 0 Å². The van der Waals surface area contributed by atoms with E-state index >= 15 is 0 Å². The van der Waals surface area contributed by atoms with Crippen molar-refractivity contribution in [3.05, 3.63) is 69.2 Å². The van der Waals surface area contributed by atoms with Crippen molar-refractivity contribution in [1.82, 2.24) is 5.32 Å². The molecule has 2 aromatic carbocycles. The van der Waals surface area contributed by atoms with E-state index in [2.05, 4.69) is 63.3 Å². The summed E-state index contributed by atoms with van der Waals surface area (Å²) in [4.78, 5) is 0. The average molecular weight is 288 g/mol. The van der Waals surface area contributed by atoms with E-state index in [0.29, 0.717) is 0 Å². The van der Waals surface area contributed by atoms with Crippen molar-refractivity contribution >= 4 is 11.6 Å². The molecule has 0 spiro atoms. The Morgan fingerprint density at radius 3 is 2.15 bits per heavy atom. The fraction of sp³-hybridized carbons (Fsp3) is 0.333. The van der Waals surface area contributed by atoms with Crippen LogP contribution in [0.1, 0.15) is 40.8 Å². The molecule has 0 aromatic heterocycles. The summed E-state index contributed by atoms with van der Waals surface area (Å²) in [6.07, 6.45) is 0. The van der Waals surface area contributed by atoms with Gasteiger partial charge in [-0.05, 0) is 50.1 Å². The zero-order valence-corrected chi connectivity index (χ0v) is 13.4. The number of hydrogen-bond acceptors (Lipinski definition) is 1. The molecule has 0 saturated carbocycles. The SMILES string of the molecule is CCNC(c1cc(C)cc(C)c1)c1ccc(Cl)c(C)c1. The molecule has 0 saturated heterocycles. The van der Waals surface area contributed by atoms with E-state index in [1.807, 2.05) is 6.07 Å². The van der Waals surface area contributed by atoms with Gasteiger partial charge in [0.05, 0.1) is 6.04 Å². The number of aryl methyl sites for hydroxylation is 3. The first-order valence-electron chi connectivity index (χ1n) is 7.09. The fourth-order valence-electron chi connectivity index (χ4n) is 2.66. The molecule has 0 heterocycles. The summed E-state index contributed by atoms with van der Waals surface area (Å²) < 4.78 is 0. The van der Waals surface area contributed by atoms with Gasteiger partial charge in [0.25, 0.3) is 0 Å². The zero-order chi connectivity index (χ0) is 14.7. The normalized spacial score (nSPS) is 12.4. The van der Waals surface area contributed by atoms with Gasteiger partial charge in [0, 0.05) is 5.02 Å². The molecule has 1 nitrogen and oxygen atoms in total. The standard InChI is InChI=1S/C18H22ClN/c1-5-20-18(15-6-7-17(19)14(4)11-15)16-9-12(2)8-13(3)10-16/h6-11,18,20H,5H2,1-4H3. The van der Waals surface area contributed by atoms with Crippen LogP contribution in [-0.4, -0.2) is 6.54 Å². The largest absolute Gasteiger partial charge is 0.307 e. The molecule has 0 radical (unpaired) electrons. The summed E-state index contributed by atoms with van der Waals surface area (Å²) in [5, 5.41) is 4.40. The highest BCUT2D eigenvalue weighted by molar-refractivity contribution is 6.31. The lowest BCUT2D eigenvalue weighted by atomic mass is 9.94. The Labute approximate surface area is 127 Å². The molecule has 2 heteroatoms. The van der Waals surface area contributed by atoms with E-state index in [-0.39, 0.29) is 6.04 Å². The van der Waals surface area contributed by atoms with Crippen molar-refractivity contribution in [3.63, 3.8) is 0 Å². The second-order valence-electron chi connectivity index (χ2n) is 5.42. The van der Waals surface area contributed by atoms with Crippen LogP contribution in [0, 0.1) is 20.8 Å². The average Bonchev–Trinajstić information content (AvgIpc) is 2.38. The minimum absolute atomic E-state index is 0.217. The van der Waals surface area contributed by atoms with Crippen molar-refractivity contribution in [2.75, 3.05) is 6.54 Å². The Morgan fingerprint density at radius 2 is 1.60 bits per heavy atom. The highest BCUT2D eigenvalue weighted by Gasteiger charge is 2.14. The van der Waals surface area contributed by atoms with Crippen molar-refractivity contribution in [2.24, 2.45) is 0 Å². The van der Waals surface area contributed by atoms with E-state index in [9.17, 15) is 0 Å². The summed E-state index contributed by atoms with van der Waals surface area (Å²) in [5.41, 5.74) is 6.29. The molecule has 0 aliphatic heterocycles. The first-order chi connectivity index (χ1) is 9.51. The Bertz CT molecular complexity index is 584. The van der Waals surface area contributed by atoms with E-state index in [1.165, 1.54) is 22.3 Å². The lowest BCUT2D eigenvalue weighted by Crippen LogP contribution is -2.22. The van der Waals surface area contributed by atoms with Crippen molar-refractivity contribution in [3.8, 4) is 0 Å². The van der Waals surface area contributed by atoms with Crippen molar-refractivity contribution in [2.45, 2.75) is 33.7 Å². The van der Waals surface area contributed by atoms with Gasteiger partial charge in [-0.25, -0.2) is 0 Å². The van der Waals surface area contributed by atoms with E-state index in [0.717, 1.165) is 17.1 Å². The van der Waals surface area contributed by atoms with Crippen LogP contribution in [0.25, 0.3) is 0 Å². The first-order valence-corrected chi connectivity index (χ1v) is 7.46. The van der Waals surface area contributed by atoms with Crippen LogP contribution >= 0.6 is 11.6 Å². The third-order valence-electron chi connectivity index (χ3n) is 3.50. The third kappa shape index (κ3) is 3.41. The molecule has 1 unspecified atom stereocenters. The summed E-state index contributed by atoms with van der Waals surface area (Å²) >= 11 is 6.14. The molecule has 106 valence electrons. The van der Waals surface area contributed by atoms with Gasteiger partial charge in [0.15, 0.2) is 0 Å². The predicted octanol–water partition coefficient (Wildman–Crippen LogP) is 4.96. The molecule has 2 aromatic rings. The monoisotopic (exact) mass is 287 g/mol. The van der Waals surface area contributed by atoms with Crippen molar-refractivity contribution < 1.29 is 0 Å².